The fraction of sp³-hybridized carbons (Fsp3) is 0.438. The number of Topliss-reactive ketones (excluding diaryl/α,β-unsaturated/α-hetero) is 1. The van der Waals surface area contributed by atoms with Crippen LogP contribution < -0.4 is 45.7 Å². The van der Waals surface area contributed by atoms with Crippen LogP contribution in [0.1, 0.15) is 12.0 Å². The second-order valence-corrected chi connectivity index (χ2v) is 5.59. The van der Waals surface area contributed by atoms with Crippen LogP contribution in [0.15, 0.2) is 30.3 Å². The first-order valence-corrected chi connectivity index (χ1v) is 7.55. The van der Waals surface area contributed by atoms with E-state index in [1.54, 1.807) is 0 Å². The molecule has 9 heteroatoms. The Labute approximate surface area is 167 Å². The zero-order valence-corrected chi connectivity index (χ0v) is 15.9. The van der Waals surface area contributed by atoms with E-state index in [1.807, 2.05) is 30.3 Å². The summed E-state index contributed by atoms with van der Waals surface area (Å²) >= 11 is 0. The number of epoxide rings is 1. The summed E-state index contributed by atoms with van der Waals surface area (Å²) in [5.74, 6) is -2.57. The van der Waals surface area contributed by atoms with Crippen LogP contribution in [0.4, 0.5) is 0 Å². The van der Waals surface area contributed by atoms with Crippen molar-refractivity contribution in [3.05, 3.63) is 35.9 Å². The van der Waals surface area contributed by atoms with Gasteiger partial charge in [0.05, 0.1) is 12.0 Å². The van der Waals surface area contributed by atoms with Gasteiger partial charge in [0.25, 0.3) is 5.91 Å². The summed E-state index contributed by atoms with van der Waals surface area (Å²) in [4.78, 5) is 34.0. The van der Waals surface area contributed by atoms with Gasteiger partial charge in [0, 0.05) is 6.54 Å². The second-order valence-electron chi connectivity index (χ2n) is 5.59. The van der Waals surface area contributed by atoms with E-state index in [-0.39, 0.29) is 42.5 Å². The molecule has 1 saturated heterocycles. The van der Waals surface area contributed by atoms with Crippen LogP contribution in [0.25, 0.3) is 0 Å². The van der Waals surface area contributed by atoms with Gasteiger partial charge in [-0.2, -0.15) is 0 Å². The normalized spacial score (nSPS) is 20.7. The molecule has 1 unspecified atom stereocenters. The Balaban J connectivity index is 0.00000312. The predicted molar refractivity (Wildman–Crippen MR) is 80.4 cm³/mol. The molecule has 0 spiro atoms. The molecule has 0 aromatic heterocycles. The molecule has 1 aromatic rings. The average Bonchev–Trinajstić information content (AvgIpc) is 3.35. The first-order valence-electron chi connectivity index (χ1n) is 7.55. The maximum atomic E-state index is 12.0. The van der Waals surface area contributed by atoms with Gasteiger partial charge in [-0.3, -0.25) is 9.59 Å². The fourth-order valence-electron chi connectivity index (χ4n) is 2.28. The topological polar surface area (TPSA) is 145 Å². The first-order chi connectivity index (χ1) is 11.4. The number of carbonyl (C=O) groups excluding carboxylic acids is 3. The van der Waals surface area contributed by atoms with Crippen molar-refractivity contribution in [2.24, 2.45) is 5.73 Å². The third kappa shape index (κ3) is 6.50. The summed E-state index contributed by atoms with van der Waals surface area (Å²) in [5, 5.41) is 22.7. The van der Waals surface area contributed by atoms with E-state index in [0.29, 0.717) is 6.42 Å². The zero-order chi connectivity index (χ0) is 17.7. The van der Waals surface area contributed by atoms with Crippen LogP contribution in [0.3, 0.4) is 0 Å². The number of nitrogens with two attached hydrogens (primary N) is 1. The number of aliphatic carboxylic acids is 1. The summed E-state index contributed by atoms with van der Waals surface area (Å²) in [6, 6.07) is 8.35. The van der Waals surface area contributed by atoms with Crippen LogP contribution >= 0.6 is 0 Å². The van der Waals surface area contributed by atoms with E-state index < -0.39 is 42.0 Å². The maximum absolute atomic E-state index is 12.0. The monoisotopic (exact) mass is 358 g/mol. The second kappa shape index (κ2) is 10.0. The van der Waals surface area contributed by atoms with E-state index in [4.69, 9.17) is 5.73 Å². The maximum Gasteiger partial charge on any atom is 1.00 e. The Kier molecular flexibility index (Phi) is 8.70. The van der Waals surface area contributed by atoms with Crippen LogP contribution in [-0.4, -0.2) is 53.7 Å². The molecule has 1 aromatic carbocycles. The minimum Gasteiger partial charge on any atom is -0.547 e. The fourth-order valence-corrected chi connectivity index (χ4v) is 2.28. The molecular weight excluding hydrogens is 339 g/mol. The van der Waals surface area contributed by atoms with Gasteiger partial charge in [-0.05, 0) is 18.4 Å². The Bertz CT molecular complexity index is 612. The average molecular weight is 358 g/mol. The van der Waals surface area contributed by atoms with Crippen molar-refractivity contribution < 1.29 is 58.9 Å². The number of ketones is 1. The molecule has 4 atom stereocenters. The molecule has 2 rings (SSSR count). The molecule has 4 N–H and O–H groups in total. The van der Waals surface area contributed by atoms with Crippen molar-refractivity contribution in [2.45, 2.75) is 37.2 Å². The number of aliphatic hydroxyl groups is 1. The molecule has 0 radical (unpaired) electrons. The number of benzene rings is 1. The number of carbonyl (C=O) groups is 3. The molecule has 25 heavy (non-hydrogen) atoms. The number of ether oxygens (including phenoxy) is 1. The van der Waals surface area contributed by atoms with Crippen molar-refractivity contribution in [1.82, 2.24) is 5.32 Å². The number of amides is 1. The minimum absolute atomic E-state index is 0. The first kappa shape index (κ1) is 21.8. The molecule has 0 bridgehead atoms. The largest absolute Gasteiger partial charge is 1.00 e. The van der Waals surface area contributed by atoms with Gasteiger partial charge in [0.2, 0.25) is 0 Å². The van der Waals surface area contributed by atoms with Gasteiger partial charge in [-0.25, -0.2) is 0 Å². The molecular formula is C16H19N2NaO6. The molecule has 130 valence electrons. The number of aliphatic hydroxyl groups excluding tert-OH is 1. The van der Waals surface area contributed by atoms with E-state index >= 15 is 0 Å². The summed E-state index contributed by atoms with van der Waals surface area (Å²) in [5.41, 5.74) is 6.69. The van der Waals surface area contributed by atoms with Gasteiger partial charge in [-0.1, -0.05) is 30.3 Å². The number of rotatable bonds is 9. The molecule has 1 aliphatic heterocycles. The van der Waals surface area contributed by atoms with Crippen LogP contribution in [0.2, 0.25) is 0 Å². The molecule has 1 aliphatic rings. The van der Waals surface area contributed by atoms with Gasteiger partial charge in [-0.15, -0.1) is 0 Å². The van der Waals surface area contributed by atoms with Gasteiger partial charge < -0.3 is 30.8 Å². The van der Waals surface area contributed by atoms with E-state index in [9.17, 15) is 24.6 Å². The standard InChI is InChI=1S/C16H20N2O6.Na/c17-10(8-9-4-2-1-3-5-9)12(20)11(19)6-7-18-15(21)13-14(24-13)16(22)23;/h1-5,10-11,13-14,19H,6-8,17H2,(H,18,21)(H,22,23);/q;+1/p-1/t10-,11?,13-,14-;/m0./s1. The van der Waals surface area contributed by atoms with E-state index in [2.05, 4.69) is 10.1 Å². The molecule has 0 aliphatic carbocycles. The van der Waals surface area contributed by atoms with Gasteiger partial charge >= 0.3 is 29.6 Å². The minimum atomic E-state index is -1.45. The van der Waals surface area contributed by atoms with Crippen LogP contribution in [0, 0.1) is 0 Å². The van der Waals surface area contributed by atoms with Crippen molar-refractivity contribution >= 4 is 17.7 Å². The SMILES string of the molecule is N[C@@H](Cc1ccccc1)C(=O)C(O)CCNC(=O)[C@H]1O[C@@H]1C(=O)[O-].[Na+]. The number of carboxylic acids is 1. The molecule has 0 saturated carbocycles. The van der Waals surface area contributed by atoms with E-state index in [0.717, 1.165) is 5.56 Å². The zero-order valence-electron chi connectivity index (χ0n) is 13.9. The summed E-state index contributed by atoms with van der Waals surface area (Å²) in [7, 11) is 0. The number of hydrogen-bond donors (Lipinski definition) is 3. The Hall–Kier alpha value is -1.29. The molecule has 1 heterocycles. The molecule has 1 amide bonds. The van der Waals surface area contributed by atoms with Crippen molar-refractivity contribution in [2.75, 3.05) is 6.54 Å². The summed E-state index contributed by atoms with van der Waals surface area (Å²) < 4.78 is 4.63. The van der Waals surface area contributed by atoms with E-state index in [1.165, 1.54) is 0 Å². The predicted octanol–water partition coefficient (Wildman–Crippen LogP) is -5.49. The van der Waals surface area contributed by atoms with Crippen molar-refractivity contribution in [3.63, 3.8) is 0 Å². The van der Waals surface area contributed by atoms with Crippen molar-refractivity contribution in [1.29, 1.82) is 0 Å². The van der Waals surface area contributed by atoms with Crippen molar-refractivity contribution in [3.8, 4) is 0 Å². The van der Waals surface area contributed by atoms with Crippen LogP contribution in [0.5, 0.6) is 0 Å². The van der Waals surface area contributed by atoms with Gasteiger partial charge in [0.15, 0.2) is 11.9 Å². The number of hydrogen-bond acceptors (Lipinski definition) is 7. The van der Waals surface area contributed by atoms with Crippen LogP contribution in [-0.2, 0) is 25.5 Å². The quantitative estimate of drug-likeness (QED) is 0.295. The summed E-state index contributed by atoms with van der Waals surface area (Å²) in [6.07, 6.45) is -3.30. The molecule has 1 fully saturated rings. The smallest absolute Gasteiger partial charge is 0.547 e. The Morgan fingerprint density at radius 2 is 1.88 bits per heavy atom. The van der Waals surface area contributed by atoms with Gasteiger partial charge in [0.1, 0.15) is 12.2 Å². The number of carboxylic acid groups (broad SMARTS) is 1. The number of nitrogens with one attached hydrogen (secondary N) is 1. The third-order valence-corrected chi connectivity index (χ3v) is 3.69. The Morgan fingerprint density at radius 3 is 2.44 bits per heavy atom. The molecule has 8 nitrogen and oxygen atoms in total. The summed E-state index contributed by atoms with van der Waals surface area (Å²) in [6.45, 7) is 0.00340. The Morgan fingerprint density at radius 1 is 1.24 bits per heavy atom. The third-order valence-electron chi connectivity index (χ3n) is 3.69.